The lowest BCUT2D eigenvalue weighted by molar-refractivity contribution is 0.0160. The van der Waals surface area contributed by atoms with Gasteiger partial charge in [0.2, 0.25) is 0 Å². The van der Waals surface area contributed by atoms with Crippen LogP contribution in [0.2, 0.25) is 0 Å². The molecule has 1 fully saturated rings. The molecule has 1 atom stereocenters. The van der Waals surface area contributed by atoms with E-state index in [0.29, 0.717) is 6.54 Å². The first-order chi connectivity index (χ1) is 8.15. The predicted octanol–water partition coefficient (Wildman–Crippen LogP) is 2.78. The number of carbonyl (C=O) groups is 1. The average molecular weight is 254 g/mol. The summed E-state index contributed by atoms with van der Waals surface area (Å²) in [6.45, 7) is 5.50. The smallest absolute Gasteiger partial charge is 0.321 e. The Morgan fingerprint density at radius 3 is 3.12 bits per heavy atom. The molecular weight excluding hydrogens is 236 g/mol. The number of nitrogens with one attached hydrogen (secondary N) is 1. The molecule has 0 unspecified atom stereocenters. The van der Waals surface area contributed by atoms with Crippen molar-refractivity contribution in [2.45, 2.75) is 32.5 Å². The van der Waals surface area contributed by atoms with E-state index in [0.717, 1.165) is 18.7 Å². The van der Waals surface area contributed by atoms with Crippen molar-refractivity contribution in [3.8, 4) is 0 Å². The molecule has 4 nitrogen and oxygen atoms in total. The number of thiophene rings is 1. The summed E-state index contributed by atoms with van der Waals surface area (Å²) >= 11 is 1.58. The van der Waals surface area contributed by atoms with Crippen molar-refractivity contribution < 1.29 is 9.53 Å². The Kier molecular flexibility index (Phi) is 4.02. The number of amides is 2. The summed E-state index contributed by atoms with van der Waals surface area (Å²) in [7, 11) is 0. The quantitative estimate of drug-likeness (QED) is 0.901. The summed E-state index contributed by atoms with van der Waals surface area (Å²) in [5.41, 5.74) is 0.869. The van der Waals surface area contributed by atoms with Crippen LogP contribution in [-0.4, -0.2) is 36.2 Å². The van der Waals surface area contributed by atoms with Crippen molar-refractivity contribution in [1.82, 2.24) is 4.90 Å². The highest BCUT2D eigenvalue weighted by molar-refractivity contribution is 7.08. The van der Waals surface area contributed by atoms with Crippen molar-refractivity contribution in [3.05, 3.63) is 16.8 Å². The number of likely N-dealkylation sites (tertiary alicyclic amines) is 1. The van der Waals surface area contributed by atoms with E-state index in [-0.39, 0.29) is 18.2 Å². The van der Waals surface area contributed by atoms with Gasteiger partial charge in [-0.1, -0.05) is 0 Å². The minimum atomic E-state index is -0.0294. The van der Waals surface area contributed by atoms with Crippen LogP contribution in [0.4, 0.5) is 10.5 Å². The van der Waals surface area contributed by atoms with Gasteiger partial charge >= 0.3 is 6.03 Å². The van der Waals surface area contributed by atoms with Gasteiger partial charge in [-0.15, -0.1) is 0 Å². The van der Waals surface area contributed by atoms with E-state index >= 15 is 0 Å². The second kappa shape index (κ2) is 5.51. The highest BCUT2D eigenvalue weighted by Crippen LogP contribution is 2.17. The number of anilines is 1. The van der Waals surface area contributed by atoms with Crippen LogP contribution in [-0.2, 0) is 4.74 Å². The van der Waals surface area contributed by atoms with Gasteiger partial charge in [0, 0.05) is 18.5 Å². The second-order valence-electron chi connectivity index (χ2n) is 4.48. The van der Waals surface area contributed by atoms with Gasteiger partial charge in [-0.3, -0.25) is 0 Å². The first-order valence-electron chi connectivity index (χ1n) is 5.88. The fourth-order valence-corrected chi connectivity index (χ4v) is 2.53. The number of hydrogen-bond donors (Lipinski definition) is 1. The fourth-order valence-electron chi connectivity index (χ4n) is 1.95. The van der Waals surface area contributed by atoms with Crippen LogP contribution in [0.1, 0.15) is 20.3 Å². The summed E-state index contributed by atoms with van der Waals surface area (Å²) in [6.07, 6.45) is 1.33. The normalized spacial score (nSPS) is 19.9. The molecule has 94 valence electrons. The summed E-state index contributed by atoms with van der Waals surface area (Å²) in [6, 6.07) is 1.87. The first-order valence-corrected chi connectivity index (χ1v) is 6.83. The van der Waals surface area contributed by atoms with Crippen molar-refractivity contribution in [2.75, 3.05) is 18.4 Å². The molecule has 17 heavy (non-hydrogen) atoms. The lowest BCUT2D eigenvalue weighted by atomic mass is 10.3. The van der Waals surface area contributed by atoms with Crippen LogP contribution >= 0.6 is 11.3 Å². The highest BCUT2D eigenvalue weighted by atomic mass is 32.1. The van der Waals surface area contributed by atoms with Crippen molar-refractivity contribution >= 4 is 23.1 Å². The van der Waals surface area contributed by atoms with Crippen LogP contribution < -0.4 is 5.32 Å². The Bertz CT molecular complexity index is 365. The molecular formula is C12H18N2O2S. The molecule has 5 heteroatoms. The number of ether oxygens (including phenoxy) is 1. The van der Waals surface area contributed by atoms with Gasteiger partial charge in [0.15, 0.2) is 0 Å². The largest absolute Gasteiger partial charge is 0.374 e. The number of urea groups is 1. The predicted molar refractivity (Wildman–Crippen MR) is 69.5 cm³/mol. The number of nitrogens with zero attached hydrogens (tertiary/aromatic N) is 1. The molecule has 2 amide bonds. The van der Waals surface area contributed by atoms with Gasteiger partial charge in [-0.25, -0.2) is 4.79 Å². The average Bonchev–Trinajstić information content (AvgIpc) is 2.87. The molecule has 0 aliphatic carbocycles. The maximum absolute atomic E-state index is 11.9. The van der Waals surface area contributed by atoms with Gasteiger partial charge in [0.1, 0.15) is 0 Å². The Balaban J connectivity index is 1.82. The Morgan fingerprint density at radius 1 is 1.65 bits per heavy atom. The Labute approximate surface area is 106 Å². The topological polar surface area (TPSA) is 41.6 Å². The van der Waals surface area contributed by atoms with Crippen molar-refractivity contribution in [3.63, 3.8) is 0 Å². The molecule has 1 aromatic heterocycles. The van der Waals surface area contributed by atoms with Crippen LogP contribution in [0.25, 0.3) is 0 Å². The highest BCUT2D eigenvalue weighted by Gasteiger charge is 2.27. The maximum Gasteiger partial charge on any atom is 0.321 e. The molecule has 0 spiro atoms. The van der Waals surface area contributed by atoms with Gasteiger partial charge in [0.05, 0.1) is 17.9 Å². The lowest BCUT2D eigenvalue weighted by Crippen LogP contribution is -2.34. The van der Waals surface area contributed by atoms with E-state index in [1.165, 1.54) is 0 Å². The maximum atomic E-state index is 11.9. The molecule has 0 saturated carbocycles. The zero-order valence-electron chi connectivity index (χ0n) is 10.2. The number of rotatable bonds is 3. The van der Waals surface area contributed by atoms with Crippen LogP contribution in [0.5, 0.6) is 0 Å². The van der Waals surface area contributed by atoms with E-state index in [2.05, 4.69) is 5.32 Å². The first kappa shape index (κ1) is 12.4. The Hall–Kier alpha value is -1.07. The molecule has 2 rings (SSSR count). The monoisotopic (exact) mass is 254 g/mol. The van der Waals surface area contributed by atoms with Crippen molar-refractivity contribution in [2.24, 2.45) is 0 Å². The molecule has 1 N–H and O–H groups in total. The fraction of sp³-hybridized carbons (Fsp3) is 0.583. The van der Waals surface area contributed by atoms with Gasteiger partial charge in [-0.05, 0) is 31.7 Å². The third-order valence-electron chi connectivity index (χ3n) is 2.67. The second-order valence-corrected chi connectivity index (χ2v) is 5.26. The molecule has 0 aromatic carbocycles. The Morgan fingerprint density at radius 2 is 2.47 bits per heavy atom. The molecule has 0 radical (unpaired) electrons. The number of carbonyl (C=O) groups excluding carboxylic acids is 1. The van der Waals surface area contributed by atoms with E-state index < -0.39 is 0 Å². The van der Waals surface area contributed by atoms with Crippen LogP contribution in [0.15, 0.2) is 16.8 Å². The molecule has 1 aliphatic rings. The van der Waals surface area contributed by atoms with Crippen LogP contribution in [0.3, 0.4) is 0 Å². The SMILES string of the molecule is CC(C)O[C@@H]1CCN(C(=O)Nc2ccsc2)C1. The lowest BCUT2D eigenvalue weighted by Gasteiger charge is -2.18. The number of hydrogen-bond acceptors (Lipinski definition) is 3. The third kappa shape index (κ3) is 3.44. The van der Waals surface area contributed by atoms with Gasteiger partial charge in [-0.2, -0.15) is 11.3 Å². The molecule has 1 aromatic rings. The van der Waals surface area contributed by atoms with E-state index in [1.807, 2.05) is 35.6 Å². The summed E-state index contributed by atoms with van der Waals surface area (Å²) in [5.74, 6) is 0. The molecule has 2 heterocycles. The third-order valence-corrected chi connectivity index (χ3v) is 3.35. The molecule has 0 bridgehead atoms. The zero-order valence-corrected chi connectivity index (χ0v) is 11.0. The minimum absolute atomic E-state index is 0.0294. The zero-order chi connectivity index (χ0) is 12.3. The van der Waals surface area contributed by atoms with E-state index in [1.54, 1.807) is 11.3 Å². The van der Waals surface area contributed by atoms with E-state index in [4.69, 9.17) is 4.74 Å². The minimum Gasteiger partial charge on any atom is -0.374 e. The van der Waals surface area contributed by atoms with Crippen LogP contribution in [0, 0.1) is 0 Å². The summed E-state index contributed by atoms with van der Waals surface area (Å²) < 4.78 is 5.71. The molecule has 1 saturated heterocycles. The van der Waals surface area contributed by atoms with Crippen molar-refractivity contribution in [1.29, 1.82) is 0 Å². The summed E-state index contributed by atoms with van der Waals surface area (Å²) in [5, 5.41) is 6.75. The molecule has 1 aliphatic heterocycles. The van der Waals surface area contributed by atoms with E-state index in [9.17, 15) is 4.79 Å². The van der Waals surface area contributed by atoms with Gasteiger partial charge in [0.25, 0.3) is 0 Å². The standard InChI is InChI=1S/C12H18N2O2S/c1-9(2)16-11-3-5-14(7-11)12(15)13-10-4-6-17-8-10/h4,6,8-9,11H,3,5,7H2,1-2H3,(H,13,15)/t11-/m1/s1. The summed E-state index contributed by atoms with van der Waals surface area (Å²) in [4.78, 5) is 13.7. The van der Waals surface area contributed by atoms with Gasteiger partial charge < -0.3 is 15.0 Å².